The lowest BCUT2D eigenvalue weighted by molar-refractivity contribution is -0.391. The normalized spacial score (nSPS) is 47.7. The maximum atomic E-state index is 11.7. The lowest BCUT2D eigenvalue weighted by Crippen LogP contribution is -2.68. The molecule has 21 saturated heterocycles. The second-order valence-electron chi connectivity index (χ2n) is 21.3. The molecule has 21 fully saturated rings. The zero-order valence-corrected chi connectivity index (χ0v) is 46.5. The fraction of sp³-hybridized carbons (Fsp3) is 1.00. The standard InChI is InChI=1S/C42H63N21O28/c43-57-50-1-8-29-15(64)22(71)36(78-8)86-30-9(2-51-58-44)80-38(24(73)17(30)66)88-32-11(4-53-60-46)82-40(26(75)19(32)68)90-34-13(6-55-62-48)84-42(28(77)21(34)70)91-35-14(7-56-63-49)83-41(27(76)20(35)69)89-33-12(5-54-61-47)81-39(25(74)18(33)67)87-31-10(3-52-59-45)79-37(85-29)23(72)16(31)65/h8-42,64-77H,1-7H2/t8-,9-,10-,11-,12-,13-,14-,15+,16+,17+,18+,19+,20+,21+,22+,23+,24+,25+,26+,27+,28+,29-,30-,31-,32-,33-,34-,35-,36-,37-,38-,39-,40-,41-,42-/m1/s1. The summed E-state index contributed by atoms with van der Waals surface area (Å²) in [6.45, 7) is -5.63. The third kappa shape index (κ3) is 15.7. The topological polar surface area (TPSA) is 754 Å². The highest BCUT2D eigenvalue weighted by atomic mass is 16.8. The molecule has 91 heavy (non-hydrogen) atoms. The maximum Gasteiger partial charge on any atom is 0.187 e. The van der Waals surface area contributed by atoms with Gasteiger partial charge in [0.15, 0.2) is 44.0 Å². The summed E-state index contributed by atoms with van der Waals surface area (Å²) in [6.07, 6.45) is -73.2. The number of hydrogen-bond acceptors (Lipinski definition) is 35. The first-order chi connectivity index (χ1) is 43.7. The molecule has 0 unspecified atom stereocenters. The highest BCUT2D eigenvalue weighted by molar-refractivity contribution is 5.03. The van der Waals surface area contributed by atoms with Crippen molar-refractivity contribution in [2.75, 3.05) is 45.8 Å². The number of rotatable bonds is 14. The van der Waals surface area contributed by atoms with Crippen LogP contribution in [0.15, 0.2) is 35.8 Å². The van der Waals surface area contributed by atoms with Crippen molar-refractivity contribution in [1.29, 1.82) is 0 Å². The predicted octanol–water partition coefficient (Wildman–Crippen LogP) is -6.00. The summed E-state index contributed by atoms with van der Waals surface area (Å²) in [5.41, 5.74) is 65.3. The van der Waals surface area contributed by atoms with Gasteiger partial charge in [-0.2, -0.15) is 0 Å². The van der Waals surface area contributed by atoms with Crippen LogP contribution in [-0.4, -0.2) is 332 Å². The molecule has 0 spiro atoms. The van der Waals surface area contributed by atoms with E-state index in [9.17, 15) is 110 Å². The van der Waals surface area contributed by atoms with Crippen LogP contribution in [0.2, 0.25) is 0 Å². The highest BCUT2D eigenvalue weighted by Gasteiger charge is 2.59. The van der Waals surface area contributed by atoms with Gasteiger partial charge in [0, 0.05) is 34.4 Å². The summed E-state index contributed by atoms with van der Waals surface area (Å²) < 4.78 is 82.3. The molecule has 14 bridgehead atoms. The Labute approximate surface area is 506 Å². The SMILES string of the molecule is [N-]=[N+]=NC[C@H]1O[C@@H]2O[C@H]3[C@@H](O)[C@H](O)[C@@H](O[C@H]4[C@@H](O)[C@H](O)[C@@H](O[C@H]5[C@@H](O)[C@H](O)[C@@H](O[C@H]6[C@@H](O)[C@H](O)[C@@H](O[C@H]7[C@@H](O)[C@H](O)[C@@H](O[C@H]8[C@@H](O)[C@H](O)[C@@H](O[C@H]1[C@@H](O)[C@@H]2O)O[C@@H]8CN=[N+]=[N-])O[C@@H]7CN=[N+]=[N-])O[C@@H]6CN=[N+]=[N-])O[C@@H]5CN=[N+]=[N-])O[C@@H]4CN=[N+]=[N-])O[C@@H]3CN=[N+]=[N-]. The molecule has 49 heteroatoms. The van der Waals surface area contributed by atoms with Gasteiger partial charge >= 0.3 is 0 Å². The molecule has 14 N–H and O–H groups in total. The molecule has 504 valence electrons. The molecule has 21 aliphatic heterocycles. The molecule has 0 aromatic rings. The number of nitrogens with zero attached hydrogens (tertiary/aromatic N) is 21. The molecule has 0 saturated carbocycles. The summed E-state index contributed by atoms with van der Waals surface area (Å²) in [6, 6.07) is 0. The van der Waals surface area contributed by atoms with E-state index in [-0.39, 0.29) is 0 Å². The molecule has 21 aliphatic rings. The van der Waals surface area contributed by atoms with Crippen LogP contribution < -0.4 is 0 Å². The summed E-state index contributed by atoms with van der Waals surface area (Å²) >= 11 is 0. The van der Waals surface area contributed by atoms with Crippen LogP contribution in [0.3, 0.4) is 0 Å². The van der Waals surface area contributed by atoms with Crippen molar-refractivity contribution in [2.45, 2.75) is 215 Å². The van der Waals surface area contributed by atoms with E-state index >= 15 is 0 Å². The van der Waals surface area contributed by atoms with Crippen molar-refractivity contribution in [3.63, 3.8) is 0 Å². The summed E-state index contributed by atoms with van der Waals surface area (Å²) in [5.74, 6) is 0. The van der Waals surface area contributed by atoms with E-state index in [2.05, 4.69) is 70.2 Å². The van der Waals surface area contributed by atoms with Gasteiger partial charge in [0.25, 0.3) is 0 Å². The number of aliphatic hydroxyl groups excluding tert-OH is 14. The fourth-order valence-electron chi connectivity index (χ4n) is 11.2. The molecule has 0 aromatic carbocycles. The molecule has 0 aromatic heterocycles. The first-order valence-electron chi connectivity index (χ1n) is 27.4. The van der Waals surface area contributed by atoms with Crippen molar-refractivity contribution in [2.24, 2.45) is 35.8 Å². The van der Waals surface area contributed by atoms with Crippen molar-refractivity contribution in [3.8, 4) is 0 Å². The average molecular weight is 1310 g/mol. The Hall–Kier alpha value is -5.95. The predicted molar refractivity (Wildman–Crippen MR) is 277 cm³/mol. The van der Waals surface area contributed by atoms with Gasteiger partial charge < -0.3 is 138 Å². The lowest BCUT2D eigenvalue weighted by atomic mass is 9.94. The number of ether oxygens (including phenoxy) is 14. The minimum atomic E-state index is -2.31. The Balaban J connectivity index is 1.17. The minimum Gasteiger partial charge on any atom is -0.387 e. The van der Waals surface area contributed by atoms with Crippen LogP contribution in [0.4, 0.5) is 0 Å². The summed E-state index contributed by atoms with van der Waals surface area (Å²) in [7, 11) is 0. The van der Waals surface area contributed by atoms with Crippen LogP contribution in [-0.2, 0) is 66.3 Å². The molecule has 35 atom stereocenters. The van der Waals surface area contributed by atoms with Crippen LogP contribution in [0.25, 0.3) is 73.1 Å². The third-order valence-corrected chi connectivity index (χ3v) is 15.8. The van der Waals surface area contributed by atoms with E-state index in [4.69, 9.17) is 66.3 Å². The van der Waals surface area contributed by atoms with Crippen molar-refractivity contribution >= 4 is 0 Å². The van der Waals surface area contributed by atoms with E-state index in [1.54, 1.807) is 0 Å². The molecular weight excluding hydrogens is 1250 g/mol. The first kappa shape index (κ1) is 70.9. The Kier molecular flexibility index (Phi) is 25.1. The Bertz CT molecular complexity index is 2290. The molecule has 21 rings (SSSR count). The van der Waals surface area contributed by atoms with E-state index in [1.807, 2.05) is 0 Å². The van der Waals surface area contributed by atoms with Crippen LogP contribution in [0.1, 0.15) is 0 Å². The summed E-state index contributed by atoms with van der Waals surface area (Å²) in [5, 5.41) is 187. The Morgan fingerprint density at radius 2 is 0.297 bits per heavy atom. The van der Waals surface area contributed by atoms with Crippen molar-refractivity contribution < 1.29 is 138 Å². The van der Waals surface area contributed by atoms with Crippen molar-refractivity contribution in [3.05, 3.63) is 73.1 Å². The van der Waals surface area contributed by atoms with Gasteiger partial charge in [0.1, 0.15) is 128 Å². The van der Waals surface area contributed by atoms with E-state index in [1.165, 1.54) is 0 Å². The van der Waals surface area contributed by atoms with E-state index in [0.29, 0.717) is 0 Å². The Morgan fingerprint density at radius 1 is 0.187 bits per heavy atom. The van der Waals surface area contributed by atoms with Gasteiger partial charge in [0.2, 0.25) is 0 Å². The summed E-state index contributed by atoms with van der Waals surface area (Å²) in [4.78, 5) is 18.6. The van der Waals surface area contributed by atoms with Crippen LogP contribution >= 0.6 is 0 Å². The van der Waals surface area contributed by atoms with Gasteiger partial charge in [-0.1, -0.05) is 35.8 Å². The molecule has 0 radical (unpaired) electrons. The average Bonchev–Trinajstić information content (AvgIpc) is 0.799. The largest absolute Gasteiger partial charge is 0.387 e. The quantitative estimate of drug-likeness (QED) is 0.0437. The smallest absolute Gasteiger partial charge is 0.187 e. The molecule has 21 heterocycles. The molecule has 0 amide bonds. The second-order valence-corrected chi connectivity index (χ2v) is 21.3. The first-order valence-corrected chi connectivity index (χ1v) is 27.4. The minimum absolute atomic E-state index is 0.804. The zero-order chi connectivity index (χ0) is 66.0. The second kappa shape index (κ2) is 32.3. The highest BCUT2D eigenvalue weighted by Crippen LogP contribution is 2.39. The van der Waals surface area contributed by atoms with Crippen LogP contribution in [0, 0.1) is 0 Å². The molecule has 49 nitrogen and oxygen atoms in total. The number of aliphatic hydroxyl groups is 14. The fourth-order valence-corrected chi connectivity index (χ4v) is 11.2. The van der Waals surface area contributed by atoms with Crippen LogP contribution in [0.5, 0.6) is 0 Å². The van der Waals surface area contributed by atoms with Gasteiger partial charge in [-0.25, -0.2) is 0 Å². The Morgan fingerprint density at radius 3 is 0.396 bits per heavy atom. The monoisotopic (exact) mass is 1310 g/mol. The van der Waals surface area contributed by atoms with Gasteiger partial charge in [0.05, 0.1) is 88.5 Å². The van der Waals surface area contributed by atoms with Crippen molar-refractivity contribution in [1.82, 2.24) is 0 Å². The van der Waals surface area contributed by atoms with E-state index < -0.39 is 261 Å². The van der Waals surface area contributed by atoms with Gasteiger partial charge in [-0.15, -0.1) is 0 Å². The van der Waals surface area contributed by atoms with Gasteiger partial charge in [-0.05, 0) is 38.7 Å². The van der Waals surface area contributed by atoms with Gasteiger partial charge in [-0.3, -0.25) is 0 Å². The maximum absolute atomic E-state index is 11.7. The molecular formula is C42H63N21O28. The zero-order valence-electron chi connectivity index (χ0n) is 46.5. The number of azide groups is 7. The van der Waals surface area contributed by atoms with E-state index in [0.717, 1.165) is 0 Å². The third-order valence-electron chi connectivity index (χ3n) is 15.8. The lowest BCUT2D eigenvalue weighted by Gasteiger charge is -2.50. The molecule has 0 aliphatic carbocycles. The number of hydrogen-bond donors (Lipinski definition) is 14.